The molecule has 0 radical (unpaired) electrons. The summed E-state index contributed by atoms with van der Waals surface area (Å²) in [6, 6.07) is 0.846. The molecule has 3 rings (SSSR count). The molecule has 2 saturated carbocycles. The number of ether oxygens (including phenoxy) is 1. The van der Waals surface area contributed by atoms with Gasteiger partial charge in [-0.2, -0.15) is 0 Å². The van der Waals surface area contributed by atoms with Crippen LogP contribution in [0, 0.1) is 11.3 Å². The van der Waals surface area contributed by atoms with Crippen molar-refractivity contribution in [3.63, 3.8) is 0 Å². The molecule has 2 atom stereocenters. The van der Waals surface area contributed by atoms with Gasteiger partial charge in [-0.1, -0.05) is 19.8 Å². The number of likely N-dealkylation sites (tertiary alicyclic amines) is 1. The molecule has 1 aliphatic heterocycles. The van der Waals surface area contributed by atoms with E-state index >= 15 is 0 Å². The third-order valence-corrected chi connectivity index (χ3v) is 5.96. The molecule has 21 heavy (non-hydrogen) atoms. The number of rotatable bonds is 6. The Hall–Kier alpha value is -0.120. The first-order chi connectivity index (χ1) is 10.2. The van der Waals surface area contributed by atoms with Crippen molar-refractivity contribution in [2.45, 2.75) is 70.4 Å². The first kappa shape index (κ1) is 15.8. The van der Waals surface area contributed by atoms with Gasteiger partial charge in [-0.15, -0.1) is 0 Å². The summed E-state index contributed by atoms with van der Waals surface area (Å²) in [4.78, 5) is 2.72. The highest BCUT2D eigenvalue weighted by Crippen LogP contribution is 2.40. The van der Waals surface area contributed by atoms with Crippen LogP contribution in [0.1, 0.15) is 58.3 Å². The van der Waals surface area contributed by atoms with Gasteiger partial charge in [0.25, 0.3) is 0 Å². The fourth-order valence-corrected chi connectivity index (χ4v) is 4.55. The van der Waals surface area contributed by atoms with Gasteiger partial charge in [-0.25, -0.2) is 0 Å². The molecule has 3 nitrogen and oxygen atoms in total. The lowest BCUT2D eigenvalue weighted by molar-refractivity contribution is 0.0137. The summed E-state index contributed by atoms with van der Waals surface area (Å²) in [6.07, 6.45) is 11.5. The van der Waals surface area contributed by atoms with E-state index in [4.69, 9.17) is 4.74 Å². The summed E-state index contributed by atoms with van der Waals surface area (Å²) in [5.74, 6) is 0.913. The zero-order valence-electron chi connectivity index (χ0n) is 14.1. The van der Waals surface area contributed by atoms with Gasteiger partial charge in [0.2, 0.25) is 0 Å². The second kappa shape index (κ2) is 6.97. The van der Waals surface area contributed by atoms with Crippen LogP contribution >= 0.6 is 0 Å². The number of hydrogen-bond donors (Lipinski definition) is 1. The fourth-order valence-electron chi connectivity index (χ4n) is 4.55. The Morgan fingerprint density at radius 2 is 1.90 bits per heavy atom. The van der Waals surface area contributed by atoms with Gasteiger partial charge in [0.05, 0.1) is 6.10 Å². The Kier molecular flexibility index (Phi) is 5.23. The molecule has 1 N–H and O–H groups in total. The summed E-state index contributed by atoms with van der Waals surface area (Å²) in [7, 11) is 1.87. The van der Waals surface area contributed by atoms with E-state index in [1.165, 1.54) is 77.5 Å². The minimum Gasteiger partial charge on any atom is -0.381 e. The lowest BCUT2D eigenvalue weighted by Crippen LogP contribution is -2.49. The molecule has 0 aromatic carbocycles. The number of methoxy groups -OCH3 is 1. The van der Waals surface area contributed by atoms with Gasteiger partial charge < -0.3 is 15.0 Å². The first-order valence-electron chi connectivity index (χ1n) is 9.18. The topological polar surface area (TPSA) is 24.5 Å². The number of piperidine rings is 1. The van der Waals surface area contributed by atoms with E-state index in [0.29, 0.717) is 11.5 Å². The predicted octanol–water partition coefficient (Wildman–Crippen LogP) is 3.05. The van der Waals surface area contributed by atoms with E-state index in [1.54, 1.807) is 0 Å². The van der Waals surface area contributed by atoms with Crippen LogP contribution in [0.4, 0.5) is 0 Å². The van der Waals surface area contributed by atoms with Crippen LogP contribution < -0.4 is 5.32 Å². The minimum atomic E-state index is 0.507. The van der Waals surface area contributed by atoms with Crippen molar-refractivity contribution < 1.29 is 4.74 Å². The van der Waals surface area contributed by atoms with Crippen LogP contribution in [0.2, 0.25) is 0 Å². The van der Waals surface area contributed by atoms with Crippen LogP contribution in [-0.4, -0.2) is 50.3 Å². The standard InChI is InChI=1S/C18H34N2O/c1-15-4-3-9-18(12-15,13-19-16-5-6-16)14-20-10-7-17(21-2)8-11-20/h15-17,19H,3-14H2,1-2H3. The lowest BCUT2D eigenvalue weighted by Gasteiger charge is -2.45. The van der Waals surface area contributed by atoms with Crippen molar-refractivity contribution in [3.05, 3.63) is 0 Å². The fraction of sp³-hybridized carbons (Fsp3) is 1.00. The summed E-state index contributed by atoms with van der Waals surface area (Å²) < 4.78 is 5.52. The maximum atomic E-state index is 5.52. The molecule has 3 fully saturated rings. The highest BCUT2D eigenvalue weighted by Gasteiger charge is 2.38. The highest BCUT2D eigenvalue weighted by atomic mass is 16.5. The average molecular weight is 294 g/mol. The van der Waals surface area contributed by atoms with Gasteiger partial charge in [0.15, 0.2) is 0 Å². The molecule has 0 amide bonds. The molecule has 0 aromatic heterocycles. The van der Waals surface area contributed by atoms with Crippen molar-refractivity contribution in [1.82, 2.24) is 10.2 Å². The number of hydrogen-bond acceptors (Lipinski definition) is 3. The average Bonchev–Trinajstić information content (AvgIpc) is 3.30. The maximum absolute atomic E-state index is 5.52. The number of nitrogens with zero attached hydrogens (tertiary/aromatic N) is 1. The molecule has 1 saturated heterocycles. The van der Waals surface area contributed by atoms with Crippen molar-refractivity contribution in [1.29, 1.82) is 0 Å². The predicted molar refractivity (Wildman–Crippen MR) is 87.6 cm³/mol. The molecular weight excluding hydrogens is 260 g/mol. The Bertz CT molecular complexity index is 323. The van der Waals surface area contributed by atoms with Crippen molar-refractivity contribution in [2.24, 2.45) is 11.3 Å². The zero-order valence-corrected chi connectivity index (χ0v) is 14.1. The van der Waals surface area contributed by atoms with Crippen LogP contribution in [-0.2, 0) is 4.74 Å². The largest absolute Gasteiger partial charge is 0.381 e. The van der Waals surface area contributed by atoms with E-state index in [-0.39, 0.29) is 0 Å². The second-order valence-electron chi connectivity index (χ2n) is 8.07. The molecule has 2 unspecified atom stereocenters. The van der Waals surface area contributed by atoms with Crippen LogP contribution in [0.25, 0.3) is 0 Å². The van der Waals surface area contributed by atoms with Crippen molar-refractivity contribution >= 4 is 0 Å². The van der Waals surface area contributed by atoms with Gasteiger partial charge >= 0.3 is 0 Å². The SMILES string of the molecule is COC1CCN(CC2(CNC3CC3)CCCC(C)C2)CC1. The van der Waals surface area contributed by atoms with Crippen molar-refractivity contribution in [2.75, 3.05) is 33.3 Å². The lowest BCUT2D eigenvalue weighted by atomic mass is 9.69. The van der Waals surface area contributed by atoms with Gasteiger partial charge in [0.1, 0.15) is 0 Å². The van der Waals surface area contributed by atoms with E-state index in [9.17, 15) is 0 Å². The van der Waals surface area contributed by atoms with Crippen LogP contribution in [0.3, 0.4) is 0 Å². The van der Waals surface area contributed by atoms with Gasteiger partial charge in [0, 0.05) is 39.3 Å². The van der Waals surface area contributed by atoms with Gasteiger partial charge in [-0.05, 0) is 49.9 Å². The Labute approximate surface area is 130 Å². The smallest absolute Gasteiger partial charge is 0.0595 e. The summed E-state index contributed by atoms with van der Waals surface area (Å²) >= 11 is 0. The maximum Gasteiger partial charge on any atom is 0.0595 e. The second-order valence-corrected chi connectivity index (χ2v) is 8.07. The normalized spacial score (nSPS) is 36.0. The monoisotopic (exact) mass is 294 g/mol. The summed E-state index contributed by atoms with van der Waals surface area (Å²) in [6.45, 7) is 7.50. The summed E-state index contributed by atoms with van der Waals surface area (Å²) in [5.41, 5.74) is 0.542. The molecule has 0 aromatic rings. The Morgan fingerprint density at radius 3 is 2.52 bits per heavy atom. The molecule has 3 aliphatic rings. The minimum absolute atomic E-state index is 0.507. The Morgan fingerprint density at radius 1 is 1.14 bits per heavy atom. The van der Waals surface area contributed by atoms with E-state index < -0.39 is 0 Å². The number of nitrogens with one attached hydrogen (secondary N) is 1. The van der Waals surface area contributed by atoms with Crippen LogP contribution in [0.15, 0.2) is 0 Å². The van der Waals surface area contributed by atoms with Crippen molar-refractivity contribution in [3.8, 4) is 0 Å². The van der Waals surface area contributed by atoms with E-state index in [1.807, 2.05) is 7.11 Å². The molecular formula is C18H34N2O. The molecule has 1 heterocycles. The zero-order chi connectivity index (χ0) is 14.7. The summed E-state index contributed by atoms with van der Waals surface area (Å²) in [5, 5.41) is 3.85. The third-order valence-electron chi connectivity index (χ3n) is 5.96. The first-order valence-corrected chi connectivity index (χ1v) is 9.18. The highest BCUT2D eigenvalue weighted by molar-refractivity contribution is 4.93. The molecule has 122 valence electrons. The van der Waals surface area contributed by atoms with Gasteiger partial charge in [-0.3, -0.25) is 0 Å². The quantitative estimate of drug-likeness (QED) is 0.815. The van der Waals surface area contributed by atoms with E-state index in [0.717, 1.165) is 12.0 Å². The van der Waals surface area contributed by atoms with E-state index in [2.05, 4.69) is 17.1 Å². The van der Waals surface area contributed by atoms with Crippen LogP contribution in [0.5, 0.6) is 0 Å². The molecule has 3 heteroatoms. The Balaban J connectivity index is 1.55. The molecule has 0 bridgehead atoms. The molecule has 2 aliphatic carbocycles. The third kappa shape index (κ3) is 4.43. The molecule has 0 spiro atoms.